The number of pyridine rings is 1. The molecule has 1 aliphatic heterocycles. The van der Waals surface area contributed by atoms with E-state index in [0.29, 0.717) is 23.9 Å². The Kier molecular flexibility index (Phi) is 2.41. The molecule has 2 rings (SSSR count). The van der Waals surface area contributed by atoms with Crippen molar-refractivity contribution in [2.24, 2.45) is 0 Å². The third-order valence-electron chi connectivity index (χ3n) is 1.85. The van der Waals surface area contributed by atoms with Crippen LogP contribution in [0.25, 0.3) is 0 Å². The zero-order valence-electron chi connectivity index (χ0n) is 8.09. The van der Waals surface area contributed by atoms with Crippen LogP contribution >= 0.6 is 11.6 Å². The van der Waals surface area contributed by atoms with Gasteiger partial charge in [0.15, 0.2) is 0 Å². The molecule has 0 spiro atoms. The molecule has 1 saturated heterocycles. The Morgan fingerprint density at radius 3 is 3.23 bits per heavy atom. The van der Waals surface area contributed by atoms with Crippen LogP contribution in [0, 0.1) is 0 Å². The Balaban J connectivity index is 2.23. The summed E-state index contributed by atoms with van der Waals surface area (Å²) in [5.74, 6) is 0. The topological polar surface area (TPSA) is 34.2 Å². The predicted molar refractivity (Wildman–Crippen MR) is 50.8 cm³/mol. The summed E-state index contributed by atoms with van der Waals surface area (Å²) in [7, 11) is 0. The van der Waals surface area contributed by atoms with Gasteiger partial charge in [-0.15, -0.1) is 0 Å². The van der Waals surface area contributed by atoms with Gasteiger partial charge >= 0.3 is 0 Å². The molecule has 0 saturated carbocycles. The molecule has 4 heteroatoms. The molecule has 13 heavy (non-hydrogen) atoms. The van der Waals surface area contributed by atoms with Gasteiger partial charge in [0, 0.05) is 19.3 Å². The van der Waals surface area contributed by atoms with Gasteiger partial charge in [0.05, 0.1) is 18.7 Å². The molecule has 1 atom stereocenters. The molecule has 70 valence electrons. The molecule has 1 fully saturated rings. The highest BCUT2D eigenvalue weighted by atomic mass is 35.5. The smallest absolute Gasteiger partial charge is 0.112 e. The molecule has 2 heterocycles. The first-order chi connectivity index (χ1) is 6.71. The number of morpholine rings is 1. The van der Waals surface area contributed by atoms with E-state index in [2.05, 4.69) is 10.3 Å². The van der Waals surface area contributed by atoms with Gasteiger partial charge in [-0.25, -0.2) is 0 Å². The lowest BCUT2D eigenvalue weighted by Gasteiger charge is -2.22. The quantitative estimate of drug-likeness (QED) is 0.743. The van der Waals surface area contributed by atoms with Crippen molar-refractivity contribution in [3.05, 3.63) is 29.0 Å². The minimum atomic E-state index is -1.07. The van der Waals surface area contributed by atoms with Crippen molar-refractivity contribution in [2.75, 3.05) is 19.7 Å². The summed E-state index contributed by atoms with van der Waals surface area (Å²) in [6, 6.07) is 3.44. The van der Waals surface area contributed by atoms with Crippen LogP contribution in [0.4, 0.5) is 0 Å². The largest absolute Gasteiger partial charge is 0.369 e. The van der Waals surface area contributed by atoms with Crippen LogP contribution in [-0.4, -0.2) is 24.7 Å². The maximum Gasteiger partial charge on any atom is 0.112 e. The van der Waals surface area contributed by atoms with Crippen LogP contribution in [0.5, 0.6) is 0 Å². The first-order valence-corrected chi connectivity index (χ1v) is 4.55. The third-order valence-corrected chi connectivity index (χ3v) is 2.08. The first-order valence-electron chi connectivity index (χ1n) is 4.67. The van der Waals surface area contributed by atoms with Crippen LogP contribution in [-0.2, 0) is 4.74 Å². The summed E-state index contributed by atoms with van der Waals surface area (Å²) in [4.78, 5) is 4.09. The van der Waals surface area contributed by atoms with Gasteiger partial charge in [0.1, 0.15) is 6.08 Å². The molecule has 0 unspecified atom stereocenters. The molecule has 0 aromatic carbocycles. The number of ether oxygens (including phenoxy) is 1. The van der Waals surface area contributed by atoms with Crippen LogP contribution in [0.15, 0.2) is 18.3 Å². The van der Waals surface area contributed by atoms with Gasteiger partial charge in [0.2, 0.25) is 0 Å². The molecular formula is C9H11ClN2O. The van der Waals surface area contributed by atoms with Gasteiger partial charge < -0.3 is 10.1 Å². The van der Waals surface area contributed by atoms with E-state index in [1.807, 2.05) is 0 Å². The molecule has 1 aliphatic rings. The second kappa shape index (κ2) is 4.05. The average Bonchev–Trinajstić information content (AvgIpc) is 2.19. The van der Waals surface area contributed by atoms with Gasteiger partial charge in [0.25, 0.3) is 0 Å². The normalized spacial score (nSPS) is 29.8. The Labute approximate surface area is 83.5 Å². The minimum Gasteiger partial charge on any atom is -0.369 e. The lowest BCUT2D eigenvalue weighted by atomic mass is 10.2. The summed E-state index contributed by atoms with van der Waals surface area (Å²) in [6.45, 7) is 1.78. The minimum absolute atomic E-state index is 0.460. The third kappa shape index (κ3) is 2.18. The molecule has 1 N–H and O–H groups in total. The van der Waals surface area contributed by atoms with E-state index in [0.717, 1.165) is 6.54 Å². The number of nitrogens with zero attached hydrogens (tertiary/aromatic N) is 1. The molecule has 0 amide bonds. The lowest BCUT2D eigenvalue weighted by molar-refractivity contribution is 0.0250. The molecule has 1 aromatic heterocycles. The average molecular weight is 200 g/mol. The van der Waals surface area contributed by atoms with E-state index in [1.54, 1.807) is 12.1 Å². The van der Waals surface area contributed by atoms with Gasteiger partial charge in [-0.1, -0.05) is 11.6 Å². The monoisotopic (exact) mass is 199 g/mol. The Hall–Kier alpha value is -0.640. The summed E-state index contributed by atoms with van der Waals surface area (Å²) in [5.41, 5.74) is 0.592. The van der Waals surface area contributed by atoms with Crippen molar-refractivity contribution in [1.82, 2.24) is 10.3 Å². The number of hydrogen-bond acceptors (Lipinski definition) is 3. The predicted octanol–water partition coefficient (Wildman–Crippen LogP) is 1.40. The maximum absolute atomic E-state index is 8.04. The van der Waals surface area contributed by atoms with Crippen molar-refractivity contribution >= 4 is 11.6 Å². The van der Waals surface area contributed by atoms with E-state index in [4.69, 9.17) is 17.7 Å². The number of nitrogens with one attached hydrogen (secondary N) is 1. The molecule has 0 radical (unpaired) electrons. The highest BCUT2D eigenvalue weighted by Gasteiger charge is 2.16. The zero-order chi connectivity index (χ0) is 10.0. The van der Waals surface area contributed by atoms with E-state index in [1.165, 1.54) is 6.20 Å². The number of halogens is 1. The van der Waals surface area contributed by atoms with Crippen LogP contribution in [0.1, 0.15) is 13.1 Å². The van der Waals surface area contributed by atoms with Gasteiger partial charge in [-0.3, -0.25) is 4.98 Å². The SMILES string of the molecule is [2H][C@@]1(c2ccc(Cl)cn2)CNCCO1. The van der Waals surface area contributed by atoms with Crippen molar-refractivity contribution in [2.45, 2.75) is 6.08 Å². The van der Waals surface area contributed by atoms with E-state index < -0.39 is 6.08 Å². The molecular weight excluding hydrogens is 188 g/mol. The van der Waals surface area contributed by atoms with E-state index >= 15 is 0 Å². The first kappa shape index (κ1) is 7.74. The molecule has 0 bridgehead atoms. The second-order valence-corrected chi connectivity index (χ2v) is 3.25. The van der Waals surface area contributed by atoms with Crippen molar-refractivity contribution in [3.63, 3.8) is 0 Å². The van der Waals surface area contributed by atoms with E-state index in [-0.39, 0.29) is 0 Å². The summed E-state index contributed by atoms with van der Waals surface area (Å²) in [6.07, 6.45) is 0.466. The Morgan fingerprint density at radius 1 is 1.69 bits per heavy atom. The fraction of sp³-hybridized carbons (Fsp3) is 0.444. The van der Waals surface area contributed by atoms with Gasteiger partial charge in [-0.2, -0.15) is 0 Å². The molecule has 0 aliphatic carbocycles. The highest BCUT2D eigenvalue weighted by Crippen LogP contribution is 2.17. The number of rotatable bonds is 1. The van der Waals surface area contributed by atoms with Crippen molar-refractivity contribution in [1.29, 1.82) is 0 Å². The maximum atomic E-state index is 8.04. The van der Waals surface area contributed by atoms with Crippen molar-refractivity contribution in [3.8, 4) is 0 Å². The highest BCUT2D eigenvalue weighted by molar-refractivity contribution is 6.30. The second-order valence-electron chi connectivity index (χ2n) is 2.81. The number of aromatic nitrogens is 1. The summed E-state index contributed by atoms with van der Waals surface area (Å²) >= 11 is 5.72. The van der Waals surface area contributed by atoms with Crippen LogP contribution < -0.4 is 5.32 Å². The van der Waals surface area contributed by atoms with Gasteiger partial charge in [-0.05, 0) is 12.1 Å². The fourth-order valence-corrected chi connectivity index (χ4v) is 1.32. The lowest BCUT2D eigenvalue weighted by Crippen LogP contribution is -2.33. The zero-order valence-corrected chi connectivity index (χ0v) is 7.84. The van der Waals surface area contributed by atoms with Crippen LogP contribution in [0.2, 0.25) is 5.02 Å². The molecule has 3 nitrogen and oxygen atoms in total. The fourth-order valence-electron chi connectivity index (χ4n) is 1.20. The Bertz CT molecular complexity index is 311. The molecule has 1 aromatic rings. The van der Waals surface area contributed by atoms with Crippen LogP contribution in [0.3, 0.4) is 0 Å². The Morgan fingerprint density at radius 2 is 2.62 bits per heavy atom. The standard InChI is InChI=1S/C9H11ClN2O/c10-7-1-2-8(12-5-7)9-6-11-3-4-13-9/h1-2,5,9,11H,3-4,6H2/t9-/m0/s1/i9D. The summed E-state index contributed by atoms with van der Waals surface area (Å²) < 4.78 is 13.4. The van der Waals surface area contributed by atoms with Crippen molar-refractivity contribution < 1.29 is 6.11 Å². The summed E-state index contributed by atoms with van der Waals surface area (Å²) in [5, 5.41) is 3.67. The van der Waals surface area contributed by atoms with E-state index in [9.17, 15) is 0 Å². The number of hydrogen-bond donors (Lipinski definition) is 1.